The monoisotopic (exact) mass is 495 g/mol. The number of hydrogen-bond donors (Lipinski definition) is 2. The molecule has 0 saturated heterocycles. The predicted molar refractivity (Wildman–Crippen MR) is 124 cm³/mol. The van der Waals surface area contributed by atoms with Gasteiger partial charge in [0.2, 0.25) is 0 Å². The van der Waals surface area contributed by atoms with Crippen molar-refractivity contribution >= 4 is 29.9 Å². The van der Waals surface area contributed by atoms with Crippen LogP contribution in [0, 0.1) is 0 Å². The molecule has 0 radical (unpaired) electrons. The zero-order valence-corrected chi connectivity index (χ0v) is 18.7. The molecular formula is C22H30IN3O2. The fraction of sp³-hybridized carbons (Fsp3) is 0.409. The summed E-state index contributed by atoms with van der Waals surface area (Å²) in [4.78, 5) is 6.89. The lowest BCUT2D eigenvalue weighted by atomic mass is 10.0. The summed E-state index contributed by atoms with van der Waals surface area (Å²) in [5.74, 6) is 0.856. The molecule has 0 aromatic heterocycles. The number of aliphatic hydroxyl groups is 1. The van der Waals surface area contributed by atoms with Gasteiger partial charge in [-0.1, -0.05) is 54.6 Å². The molecule has 1 unspecified atom stereocenters. The topological polar surface area (TPSA) is 57.1 Å². The first kappa shape index (κ1) is 22.6. The summed E-state index contributed by atoms with van der Waals surface area (Å²) >= 11 is 0. The molecule has 2 aromatic carbocycles. The number of aliphatic imine (C=N–C) groups is 1. The van der Waals surface area contributed by atoms with Crippen LogP contribution in [0.3, 0.4) is 0 Å². The lowest BCUT2D eigenvalue weighted by Gasteiger charge is -2.31. The zero-order valence-electron chi connectivity index (χ0n) is 16.4. The van der Waals surface area contributed by atoms with Crippen LogP contribution in [-0.2, 0) is 24.3 Å². The lowest BCUT2D eigenvalue weighted by molar-refractivity contribution is 0.0330. The van der Waals surface area contributed by atoms with Crippen LogP contribution in [-0.4, -0.2) is 48.3 Å². The summed E-state index contributed by atoms with van der Waals surface area (Å²) < 4.78 is 5.61. The molecule has 0 aliphatic carbocycles. The van der Waals surface area contributed by atoms with E-state index in [-0.39, 0.29) is 30.6 Å². The lowest BCUT2D eigenvalue weighted by Crippen LogP contribution is -2.44. The maximum Gasteiger partial charge on any atom is 0.194 e. The summed E-state index contributed by atoms with van der Waals surface area (Å²) in [6, 6.07) is 18.5. The second-order valence-electron chi connectivity index (χ2n) is 6.79. The van der Waals surface area contributed by atoms with Crippen molar-refractivity contribution in [3.05, 3.63) is 71.3 Å². The van der Waals surface area contributed by atoms with Gasteiger partial charge in [-0.3, -0.25) is 4.99 Å². The van der Waals surface area contributed by atoms with E-state index >= 15 is 0 Å². The Kier molecular flexibility index (Phi) is 9.73. The average molecular weight is 495 g/mol. The van der Waals surface area contributed by atoms with E-state index in [1.54, 1.807) is 0 Å². The van der Waals surface area contributed by atoms with Gasteiger partial charge in [0.05, 0.1) is 25.9 Å². The smallest absolute Gasteiger partial charge is 0.194 e. The molecule has 2 N–H and O–H groups in total. The van der Waals surface area contributed by atoms with Gasteiger partial charge in [0.15, 0.2) is 5.96 Å². The van der Waals surface area contributed by atoms with Crippen LogP contribution in [0.1, 0.15) is 23.6 Å². The van der Waals surface area contributed by atoms with Crippen LogP contribution in [0.5, 0.6) is 0 Å². The highest BCUT2D eigenvalue weighted by atomic mass is 127. The van der Waals surface area contributed by atoms with Crippen molar-refractivity contribution in [2.24, 2.45) is 4.99 Å². The minimum absolute atomic E-state index is 0. The SMILES string of the molecule is CCNC(=NCC(O)COCc1ccccc1)N1CCc2ccccc2C1.I. The molecule has 0 bridgehead atoms. The number of fused-ring (bicyclic) bond motifs is 1. The van der Waals surface area contributed by atoms with E-state index in [0.29, 0.717) is 13.2 Å². The number of nitrogens with zero attached hydrogens (tertiary/aromatic N) is 2. The quantitative estimate of drug-likeness (QED) is 0.352. The maximum absolute atomic E-state index is 10.2. The Bertz CT molecular complexity index is 740. The Balaban J connectivity index is 0.00000280. The van der Waals surface area contributed by atoms with Gasteiger partial charge >= 0.3 is 0 Å². The minimum atomic E-state index is -0.612. The molecule has 1 aliphatic rings. The molecule has 6 heteroatoms. The van der Waals surface area contributed by atoms with Gasteiger partial charge in [-0.15, -0.1) is 24.0 Å². The summed E-state index contributed by atoms with van der Waals surface area (Å²) in [5, 5.41) is 13.6. The van der Waals surface area contributed by atoms with Gasteiger partial charge < -0.3 is 20.1 Å². The maximum atomic E-state index is 10.2. The number of nitrogens with one attached hydrogen (secondary N) is 1. The first-order valence-corrected chi connectivity index (χ1v) is 9.66. The van der Waals surface area contributed by atoms with E-state index in [0.717, 1.165) is 37.6 Å². The van der Waals surface area contributed by atoms with E-state index < -0.39 is 6.10 Å². The van der Waals surface area contributed by atoms with E-state index in [1.807, 2.05) is 30.3 Å². The number of hydrogen-bond acceptors (Lipinski definition) is 3. The summed E-state index contributed by atoms with van der Waals surface area (Å²) in [6.07, 6.45) is 0.406. The summed E-state index contributed by atoms with van der Waals surface area (Å²) in [7, 11) is 0. The van der Waals surface area contributed by atoms with E-state index in [9.17, 15) is 5.11 Å². The highest BCUT2D eigenvalue weighted by molar-refractivity contribution is 14.0. The first-order valence-electron chi connectivity index (χ1n) is 9.66. The van der Waals surface area contributed by atoms with Gasteiger partial charge in [-0.05, 0) is 30.0 Å². The van der Waals surface area contributed by atoms with Gasteiger partial charge in [0.1, 0.15) is 0 Å². The molecule has 0 fully saturated rings. The second kappa shape index (κ2) is 12.0. The van der Waals surface area contributed by atoms with E-state index in [4.69, 9.17) is 4.74 Å². The van der Waals surface area contributed by atoms with Crippen LogP contribution in [0.25, 0.3) is 0 Å². The van der Waals surface area contributed by atoms with Crippen molar-refractivity contribution in [3.8, 4) is 0 Å². The van der Waals surface area contributed by atoms with Crippen molar-refractivity contribution in [2.45, 2.75) is 32.6 Å². The van der Waals surface area contributed by atoms with Crippen LogP contribution >= 0.6 is 24.0 Å². The van der Waals surface area contributed by atoms with E-state index in [2.05, 4.69) is 46.4 Å². The van der Waals surface area contributed by atoms with Crippen LogP contribution in [0.2, 0.25) is 0 Å². The van der Waals surface area contributed by atoms with Crippen LogP contribution in [0.15, 0.2) is 59.6 Å². The van der Waals surface area contributed by atoms with Crippen molar-refractivity contribution < 1.29 is 9.84 Å². The number of benzene rings is 2. The van der Waals surface area contributed by atoms with Crippen molar-refractivity contribution in [3.63, 3.8) is 0 Å². The highest BCUT2D eigenvalue weighted by Crippen LogP contribution is 2.18. The second-order valence-corrected chi connectivity index (χ2v) is 6.79. The highest BCUT2D eigenvalue weighted by Gasteiger charge is 2.18. The van der Waals surface area contributed by atoms with Gasteiger partial charge in [-0.2, -0.15) is 0 Å². The molecule has 0 saturated carbocycles. The third-order valence-corrected chi connectivity index (χ3v) is 4.64. The molecule has 28 heavy (non-hydrogen) atoms. The predicted octanol–water partition coefficient (Wildman–Crippen LogP) is 3.21. The van der Waals surface area contributed by atoms with Crippen molar-refractivity contribution in [1.29, 1.82) is 0 Å². The molecule has 1 aliphatic heterocycles. The average Bonchev–Trinajstić information content (AvgIpc) is 2.71. The van der Waals surface area contributed by atoms with Gasteiger partial charge in [0, 0.05) is 19.6 Å². The number of aliphatic hydroxyl groups excluding tert-OH is 1. The number of guanidine groups is 1. The summed E-state index contributed by atoms with van der Waals surface area (Å²) in [5.41, 5.74) is 3.87. The summed E-state index contributed by atoms with van der Waals surface area (Å²) in [6.45, 7) is 5.76. The fourth-order valence-electron chi connectivity index (χ4n) is 3.23. The largest absolute Gasteiger partial charge is 0.389 e. The Hall–Kier alpha value is -1.64. The number of rotatable bonds is 7. The Morgan fingerprint density at radius 3 is 2.61 bits per heavy atom. The third-order valence-electron chi connectivity index (χ3n) is 4.64. The Morgan fingerprint density at radius 1 is 1.14 bits per heavy atom. The molecule has 5 nitrogen and oxygen atoms in total. The van der Waals surface area contributed by atoms with Gasteiger partial charge in [-0.25, -0.2) is 0 Å². The number of ether oxygens (including phenoxy) is 1. The van der Waals surface area contributed by atoms with E-state index in [1.165, 1.54) is 11.1 Å². The molecule has 152 valence electrons. The van der Waals surface area contributed by atoms with Crippen molar-refractivity contribution in [1.82, 2.24) is 10.2 Å². The third kappa shape index (κ3) is 6.76. The molecule has 3 rings (SSSR count). The molecular weight excluding hydrogens is 465 g/mol. The van der Waals surface area contributed by atoms with Gasteiger partial charge in [0.25, 0.3) is 0 Å². The standard InChI is InChI=1S/C22H29N3O2.HI/c1-2-23-22(25-13-12-19-10-6-7-11-20(19)15-25)24-14-21(26)17-27-16-18-8-4-3-5-9-18;/h3-11,21,26H,2,12-17H2,1H3,(H,23,24);1H. The minimum Gasteiger partial charge on any atom is -0.389 e. The normalized spacial score (nSPS) is 14.8. The fourth-order valence-corrected chi connectivity index (χ4v) is 3.23. The zero-order chi connectivity index (χ0) is 18.9. The van der Waals surface area contributed by atoms with Crippen LogP contribution < -0.4 is 5.32 Å². The van der Waals surface area contributed by atoms with Crippen LogP contribution in [0.4, 0.5) is 0 Å². The number of halogens is 1. The Morgan fingerprint density at radius 2 is 1.86 bits per heavy atom. The molecule has 1 heterocycles. The first-order chi connectivity index (χ1) is 13.3. The van der Waals surface area contributed by atoms with Crippen molar-refractivity contribution in [2.75, 3.05) is 26.2 Å². The molecule has 0 spiro atoms. The molecule has 0 amide bonds. The molecule has 2 aromatic rings. The molecule has 1 atom stereocenters. The Labute approximate surface area is 184 Å².